The molecule has 1 saturated carbocycles. The molecule has 0 spiro atoms. The van der Waals surface area contributed by atoms with Crippen molar-refractivity contribution in [2.24, 2.45) is 0 Å². The zero-order chi connectivity index (χ0) is 14.9. The number of amides is 2. The van der Waals surface area contributed by atoms with E-state index in [1.807, 2.05) is 4.90 Å². The van der Waals surface area contributed by atoms with E-state index in [0.717, 1.165) is 25.0 Å². The van der Waals surface area contributed by atoms with Gasteiger partial charge in [-0.05, 0) is 26.2 Å². The van der Waals surface area contributed by atoms with Crippen molar-refractivity contribution in [1.82, 2.24) is 10.2 Å². The first-order valence-electron chi connectivity index (χ1n) is 8.37. The van der Waals surface area contributed by atoms with Crippen LogP contribution in [0.25, 0.3) is 0 Å². The number of hydrogen-bond acceptors (Lipinski definition) is 3. The third kappa shape index (κ3) is 3.08. The number of thioether (sulfide) groups is 1. The summed E-state index contributed by atoms with van der Waals surface area (Å²) in [6.45, 7) is 2.10. The SMILES string of the molecule is C[C@@]12CCC(=O)N1[C@@H](C(=O)NC1CCCCCCC1)CS2. The summed E-state index contributed by atoms with van der Waals surface area (Å²) in [7, 11) is 0. The van der Waals surface area contributed by atoms with E-state index in [0.29, 0.717) is 12.5 Å². The van der Waals surface area contributed by atoms with Gasteiger partial charge in [-0.25, -0.2) is 0 Å². The molecule has 0 radical (unpaired) electrons. The Hall–Kier alpha value is -0.710. The molecule has 0 aromatic heterocycles. The van der Waals surface area contributed by atoms with Crippen molar-refractivity contribution in [3.05, 3.63) is 0 Å². The summed E-state index contributed by atoms with van der Waals surface area (Å²) in [6, 6.07) is 0.0628. The number of carbonyl (C=O) groups excluding carboxylic acids is 2. The summed E-state index contributed by atoms with van der Waals surface area (Å²) in [6.07, 6.45) is 9.99. The van der Waals surface area contributed by atoms with Gasteiger partial charge in [0, 0.05) is 18.2 Å². The topological polar surface area (TPSA) is 49.4 Å². The van der Waals surface area contributed by atoms with E-state index in [9.17, 15) is 9.59 Å². The third-order valence-electron chi connectivity index (χ3n) is 5.20. The van der Waals surface area contributed by atoms with Crippen LogP contribution in [0.4, 0.5) is 0 Å². The molecule has 2 amide bonds. The minimum absolute atomic E-state index is 0.0760. The number of nitrogens with zero attached hydrogens (tertiary/aromatic N) is 1. The Labute approximate surface area is 131 Å². The number of carbonyl (C=O) groups is 2. The molecule has 4 nitrogen and oxygen atoms in total. The second-order valence-corrected chi connectivity index (χ2v) is 8.32. The number of rotatable bonds is 2. The molecule has 3 aliphatic rings. The Morgan fingerprint density at radius 2 is 1.90 bits per heavy atom. The van der Waals surface area contributed by atoms with Crippen molar-refractivity contribution in [1.29, 1.82) is 0 Å². The van der Waals surface area contributed by atoms with Crippen molar-refractivity contribution >= 4 is 23.6 Å². The predicted octanol–water partition coefficient (Wildman–Crippen LogP) is 2.67. The molecule has 2 aliphatic heterocycles. The van der Waals surface area contributed by atoms with Gasteiger partial charge in [-0.15, -0.1) is 11.8 Å². The lowest BCUT2D eigenvalue weighted by molar-refractivity contribution is -0.138. The highest BCUT2D eigenvalue weighted by Crippen LogP contribution is 2.47. The molecule has 0 aromatic carbocycles. The lowest BCUT2D eigenvalue weighted by atomic mass is 9.96. The van der Waals surface area contributed by atoms with Crippen LogP contribution in [-0.4, -0.2) is 39.4 Å². The average molecular weight is 310 g/mol. The Morgan fingerprint density at radius 3 is 2.62 bits per heavy atom. The fourth-order valence-electron chi connectivity index (χ4n) is 3.91. The Morgan fingerprint density at radius 1 is 1.24 bits per heavy atom. The lowest BCUT2D eigenvalue weighted by Crippen LogP contribution is -2.52. The average Bonchev–Trinajstić information content (AvgIpc) is 2.90. The molecule has 3 fully saturated rings. The summed E-state index contributed by atoms with van der Waals surface area (Å²) in [5.74, 6) is 0.980. The zero-order valence-corrected chi connectivity index (χ0v) is 13.7. The van der Waals surface area contributed by atoms with Crippen LogP contribution in [0.3, 0.4) is 0 Å². The quantitative estimate of drug-likeness (QED) is 0.853. The first-order valence-corrected chi connectivity index (χ1v) is 9.35. The molecule has 0 unspecified atom stereocenters. The maximum absolute atomic E-state index is 12.6. The van der Waals surface area contributed by atoms with Crippen molar-refractivity contribution in [2.75, 3.05) is 5.75 Å². The second kappa shape index (κ2) is 6.19. The number of fused-ring (bicyclic) bond motifs is 1. The minimum atomic E-state index is -0.250. The smallest absolute Gasteiger partial charge is 0.243 e. The molecule has 21 heavy (non-hydrogen) atoms. The Bertz CT molecular complexity index is 421. The molecule has 118 valence electrons. The predicted molar refractivity (Wildman–Crippen MR) is 85.0 cm³/mol. The molecule has 2 saturated heterocycles. The van der Waals surface area contributed by atoms with E-state index >= 15 is 0 Å². The molecule has 1 N–H and O–H groups in total. The van der Waals surface area contributed by atoms with Crippen molar-refractivity contribution in [3.8, 4) is 0 Å². The van der Waals surface area contributed by atoms with E-state index in [4.69, 9.17) is 0 Å². The minimum Gasteiger partial charge on any atom is -0.352 e. The van der Waals surface area contributed by atoms with Gasteiger partial charge in [-0.1, -0.05) is 32.1 Å². The first kappa shape index (κ1) is 15.2. The molecule has 0 aromatic rings. The second-order valence-electron chi connectivity index (χ2n) is 6.82. The van der Waals surface area contributed by atoms with Crippen LogP contribution < -0.4 is 5.32 Å². The van der Waals surface area contributed by atoms with E-state index in [-0.39, 0.29) is 22.7 Å². The van der Waals surface area contributed by atoms with Gasteiger partial charge >= 0.3 is 0 Å². The largest absolute Gasteiger partial charge is 0.352 e. The van der Waals surface area contributed by atoms with Crippen LogP contribution in [0.1, 0.15) is 64.7 Å². The molecular weight excluding hydrogens is 284 g/mol. The standard InChI is InChI=1S/C16H26N2O2S/c1-16-10-9-14(19)18(16)13(11-21-16)15(20)17-12-7-5-3-2-4-6-8-12/h12-13H,2-11H2,1H3,(H,17,20)/t13-,16-/m1/s1. The van der Waals surface area contributed by atoms with Crippen molar-refractivity contribution < 1.29 is 9.59 Å². The highest BCUT2D eigenvalue weighted by molar-refractivity contribution is 8.01. The van der Waals surface area contributed by atoms with Gasteiger partial charge in [0.1, 0.15) is 6.04 Å². The van der Waals surface area contributed by atoms with Gasteiger partial charge in [0.05, 0.1) is 4.87 Å². The number of hydrogen-bond donors (Lipinski definition) is 1. The summed E-state index contributed by atoms with van der Waals surface area (Å²) in [4.78, 5) is 26.4. The van der Waals surface area contributed by atoms with Gasteiger partial charge < -0.3 is 10.2 Å². The molecule has 3 rings (SSSR count). The van der Waals surface area contributed by atoms with Crippen LogP contribution >= 0.6 is 11.8 Å². The fourth-order valence-corrected chi connectivity index (χ4v) is 5.34. The summed E-state index contributed by atoms with van der Waals surface area (Å²) in [5.41, 5.74) is 0. The third-order valence-corrected chi connectivity index (χ3v) is 6.70. The van der Waals surface area contributed by atoms with Gasteiger partial charge in [0.2, 0.25) is 11.8 Å². The Balaban J connectivity index is 1.61. The van der Waals surface area contributed by atoms with Gasteiger partial charge in [-0.3, -0.25) is 9.59 Å². The molecule has 0 bridgehead atoms. The Kier molecular flexibility index (Phi) is 4.48. The lowest BCUT2D eigenvalue weighted by Gasteiger charge is -2.31. The van der Waals surface area contributed by atoms with Gasteiger partial charge in [0.25, 0.3) is 0 Å². The molecule has 1 aliphatic carbocycles. The summed E-state index contributed by atoms with van der Waals surface area (Å²) in [5, 5.41) is 3.23. The highest BCUT2D eigenvalue weighted by Gasteiger charge is 2.52. The van der Waals surface area contributed by atoms with Crippen LogP contribution in [0.2, 0.25) is 0 Å². The maximum atomic E-state index is 12.6. The van der Waals surface area contributed by atoms with Crippen LogP contribution in [0, 0.1) is 0 Å². The number of nitrogens with one attached hydrogen (secondary N) is 1. The first-order chi connectivity index (χ1) is 10.1. The normalized spacial score (nSPS) is 34.4. The summed E-state index contributed by atoms with van der Waals surface area (Å²) < 4.78 is 0. The van der Waals surface area contributed by atoms with E-state index in [2.05, 4.69) is 12.2 Å². The zero-order valence-electron chi connectivity index (χ0n) is 12.9. The van der Waals surface area contributed by atoms with E-state index in [1.54, 1.807) is 11.8 Å². The monoisotopic (exact) mass is 310 g/mol. The van der Waals surface area contributed by atoms with Gasteiger partial charge in [-0.2, -0.15) is 0 Å². The van der Waals surface area contributed by atoms with Crippen molar-refractivity contribution in [3.63, 3.8) is 0 Å². The molecule has 2 heterocycles. The summed E-state index contributed by atoms with van der Waals surface area (Å²) >= 11 is 1.77. The fraction of sp³-hybridized carbons (Fsp3) is 0.875. The van der Waals surface area contributed by atoms with Gasteiger partial charge in [0.15, 0.2) is 0 Å². The molecule has 5 heteroatoms. The van der Waals surface area contributed by atoms with Crippen LogP contribution in [0.5, 0.6) is 0 Å². The van der Waals surface area contributed by atoms with Crippen LogP contribution in [0.15, 0.2) is 0 Å². The maximum Gasteiger partial charge on any atom is 0.243 e. The van der Waals surface area contributed by atoms with E-state index in [1.165, 1.54) is 32.1 Å². The highest BCUT2D eigenvalue weighted by atomic mass is 32.2. The van der Waals surface area contributed by atoms with Crippen molar-refractivity contribution in [2.45, 2.75) is 81.7 Å². The molecular formula is C16H26N2O2S. The molecule has 2 atom stereocenters. The van der Waals surface area contributed by atoms with E-state index < -0.39 is 0 Å². The van der Waals surface area contributed by atoms with Crippen LogP contribution in [-0.2, 0) is 9.59 Å².